The Morgan fingerprint density at radius 3 is 2.53 bits per heavy atom. The second-order valence-corrected chi connectivity index (χ2v) is 9.12. The Kier molecular flexibility index (Phi) is 4.68. The van der Waals surface area contributed by atoms with E-state index in [9.17, 15) is 19.5 Å². The molecule has 160 valence electrons. The van der Waals surface area contributed by atoms with Gasteiger partial charge in [-0.15, -0.1) is 0 Å². The quantitative estimate of drug-likeness (QED) is 0.546. The molecule has 3 saturated heterocycles. The number of benzene rings is 1. The number of β-amino-alcohol motifs (C(OH)–C–C–N with tert-alkyl or cyclic N) is 1. The van der Waals surface area contributed by atoms with Crippen LogP contribution in [0.3, 0.4) is 0 Å². The molecule has 5 rings (SSSR count). The van der Waals surface area contributed by atoms with Crippen molar-refractivity contribution in [3.8, 4) is 0 Å². The van der Waals surface area contributed by atoms with Gasteiger partial charge in [0.05, 0.1) is 31.4 Å². The van der Waals surface area contributed by atoms with Crippen LogP contribution in [0.25, 0.3) is 0 Å². The molecule has 3 heterocycles. The van der Waals surface area contributed by atoms with Gasteiger partial charge in [0, 0.05) is 26.2 Å². The molecule has 30 heavy (non-hydrogen) atoms. The standard InChI is InChI=1S/C22H27N3O5/c1-30-20(28)16-6-4-15(5-7-16)10-24-19(27)18-8-17(26)11-25(18)22(21(24)29)12-23(13-22)9-14-2-3-14/h4-7,14,17-18,26H,2-3,8-13H2,1H3/t17-,18+/m1/s1. The second-order valence-electron chi connectivity index (χ2n) is 9.12. The maximum absolute atomic E-state index is 13.5. The van der Waals surface area contributed by atoms with E-state index in [1.807, 2.05) is 4.90 Å². The number of fused-ring (bicyclic) bond motifs is 2. The van der Waals surface area contributed by atoms with Crippen LogP contribution < -0.4 is 0 Å². The summed E-state index contributed by atoms with van der Waals surface area (Å²) in [5.41, 5.74) is 0.492. The zero-order chi connectivity index (χ0) is 21.0. The first kappa shape index (κ1) is 19.7. The summed E-state index contributed by atoms with van der Waals surface area (Å²) in [6.07, 6.45) is 2.30. The summed E-state index contributed by atoms with van der Waals surface area (Å²) in [6, 6.07) is 6.32. The molecule has 1 N–H and O–H groups in total. The first-order valence-electron chi connectivity index (χ1n) is 10.6. The van der Waals surface area contributed by atoms with E-state index in [0.29, 0.717) is 31.6 Å². The van der Waals surface area contributed by atoms with Crippen LogP contribution >= 0.6 is 0 Å². The molecule has 0 bridgehead atoms. The summed E-state index contributed by atoms with van der Waals surface area (Å²) in [7, 11) is 1.33. The van der Waals surface area contributed by atoms with E-state index < -0.39 is 23.7 Å². The molecule has 2 atom stereocenters. The highest BCUT2D eigenvalue weighted by Gasteiger charge is 2.64. The van der Waals surface area contributed by atoms with Crippen molar-refractivity contribution < 1.29 is 24.2 Å². The van der Waals surface area contributed by atoms with Crippen LogP contribution in [0.4, 0.5) is 0 Å². The van der Waals surface area contributed by atoms with Crippen LogP contribution in [-0.4, -0.2) is 88.6 Å². The number of ether oxygens (including phenoxy) is 1. The molecule has 4 aliphatic rings. The second kappa shape index (κ2) is 7.14. The minimum atomic E-state index is -0.711. The van der Waals surface area contributed by atoms with Crippen molar-refractivity contribution in [3.05, 3.63) is 35.4 Å². The highest BCUT2D eigenvalue weighted by atomic mass is 16.5. The third kappa shape index (κ3) is 3.14. The summed E-state index contributed by atoms with van der Waals surface area (Å²) < 4.78 is 4.72. The Morgan fingerprint density at radius 2 is 1.90 bits per heavy atom. The van der Waals surface area contributed by atoms with Crippen molar-refractivity contribution in [2.24, 2.45) is 5.92 Å². The number of imide groups is 1. The Balaban J connectivity index is 1.37. The van der Waals surface area contributed by atoms with Gasteiger partial charge in [-0.05, 0) is 42.9 Å². The number of likely N-dealkylation sites (tertiary alicyclic amines) is 1. The number of nitrogens with zero attached hydrogens (tertiary/aromatic N) is 3. The molecule has 8 heteroatoms. The average Bonchev–Trinajstić information content (AvgIpc) is 3.45. The van der Waals surface area contributed by atoms with Crippen LogP contribution in [0, 0.1) is 5.92 Å². The molecule has 0 aromatic heterocycles. The predicted octanol–water partition coefficient (Wildman–Crippen LogP) is 0.242. The lowest BCUT2D eigenvalue weighted by Crippen LogP contribution is -2.81. The number of carbonyl (C=O) groups is 3. The maximum Gasteiger partial charge on any atom is 0.337 e. The van der Waals surface area contributed by atoms with Gasteiger partial charge < -0.3 is 9.84 Å². The third-order valence-corrected chi connectivity index (χ3v) is 6.92. The van der Waals surface area contributed by atoms with Gasteiger partial charge in [0.15, 0.2) is 0 Å². The number of rotatable bonds is 5. The maximum atomic E-state index is 13.5. The van der Waals surface area contributed by atoms with E-state index in [2.05, 4.69) is 4.90 Å². The van der Waals surface area contributed by atoms with Crippen LogP contribution in [0.1, 0.15) is 35.2 Å². The van der Waals surface area contributed by atoms with Crippen molar-refractivity contribution in [1.82, 2.24) is 14.7 Å². The molecule has 1 aliphatic carbocycles. The number of amides is 2. The molecule has 8 nitrogen and oxygen atoms in total. The molecular formula is C22H27N3O5. The lowest BCUT2D eigenvalue weighted by Gasteiger charge is -2.58. The number of hydrogen-bond donors (Lipinski definition) is 1. The number of piperazine rings is 1. The van der Waals surface area contributed by atoms with Gasteiger partial charge in [0.25, 0.3) is 5.91 Å². The van der Waals surface area contributed by atoms with Gasteiger partial charge in [-0.3, -0.25) is 24.3 Å². The van der Waals surface area contributed by atoms with Crippen molar-refractivity contribution >= 4 is 17.8 Å². The number of carbonyl (C=O) groups excluding carboxylic acids is 3. The Hall–Kier alpha value is -2.29. The van der Waals surface area contributed by atoms with Gasteiger partial charge in [-0.2, -0.15) is 0 Å². The Bertz CT molecular complexity index is 875. The normalized spacial score (nSPS) is 28.5. The lowest BCUT2D eigenvalue weighted by molar-refractivity contribution is -0.180. The van der Waals surface area contributed by atoms with E-state index in [-0.39, 0.29) is 18.4 Å². The molecule has 1 aromatic rings. The first-order chi connectivity index (χ1) is 14.4. The highest BCUT2D eigenvalue weighted by molar-refractivity contribution is 6.06. The van der Waals surface area contributed by atoms with Crippen molar-refractivity contribution in [3.63, 3.8) is 0 Å². The number of methoxy groups -OCH3 is 1. The van der Waals surface area contributed by atoms with Crippen molar-refractivity contribution in [2.45, 2.75) is 43.5 Å². The molecule has 1 spiro atoms. The SMILES string of the molecule is COC(=O)c1ccc(CN2C(=O)[C@@H]3C[C@@H](O)CN3C3(CN(CC4CC4)C3)C2=O)cc1. The summed E-state index contributed by atoms with van der Waals surface area (Å²) in [4.78, 5) is 44.0. The van der Waals surface area contributed by atoms with Crippen LogP contribution in [0.15, 0.2) is 24.3 Å². The molecule has 0 radical (unpaired) electrons. The van der Waals surface area contributed by atoms with Crippen molar-refractivity contribution in [1.29, 1.82) is 0 Å². The Labute approximate surface area is 175 Å². The molecule has 4 fully saturated rings. The van der Waals surface area contributed by atoms with Crippen LogP contribution in [0.2, 0.25) is 0 Å². The van der Waals surface area contributed by atoms with E-state index in [4.69, 9.17) is 4.74 Å². The zero-order valence-electron chi connectivity index (χ0n) is 17.1. The smallest absolute Gasteiger partial charge is 0.337 e. The monoisotopic (exact) mass is 413 g/mol. The minimum Gasteiger partial charge on any atom is -0.465 e. The van der Waals surface area contributed by atoms with Gasteiger partial charge in [0.1, 0.15) is 5.54 Å². The van der Waals surface area contributed by atoms with E-state index in [1.54, 1.807) is 24.3 Å². The molecule has 2 amide bonds. The first-order valence-corrected chi connectivity index (χ1v) is 10.6. The number of esters is 1. The van der Waals surface area contributed by atoms with Gasteiger partial charge in [-0.25, -0.2) is 4.79 Å². The topological polar surface area (TPSA) is 90.4 Å². The number of aliphatic hydroxyl groups excluding tert-OH is 1. The van der Waals surface area contributed by atoms with E-state index in [0.717, 1.165) is 18.0 Å². The largest absolute Gasteiger partial charge is 0.465 e. The summed E-state index contributed by atoms with van der Waals surface area (Å²) in [5.74, 6) is -0.0830. The molecular weight excluding hydrogens is 386 g/mol. The summed E-state index contributed by atoms with van der Waals surface area (Å²) in [6.45, 7) is 2.80. The average molecular weight is 413 g/mol. The van der Waals surface area contributed by atoms with Crippen LogP contribution in [0.5, 0.6) is 0 Å². The summed E-state index contributed by atoms with van der Waals surface area (Å²) in [5, 5.41) is 10.2. The lowest BCUT2D eigenvalue weighted by atomic mass is 9.82. The Morgan fingerprint density at radius 1 is 1.20 bits per heavy atom. The van der Waals surface area contributed by atoms with Crippen molar-refractivity contribution in [2.75, 3.05) is 33.3 Å². The fourth-order valence-corrected chi connectivity index (χ4v) is 5.18. The fourth-order valence-electron chi connectivity index (χ4n) is 5.18. The minimum absolute atomic E-state index is 0.165. The molecule has 3 aliphatic heterocycles. The number of hydrogen-bond acceptors (Lipinski definition) is 7. The summed E-state index contributed by atoms with van der Waals surface area (Å²) >= 11 is 0. The zero-order valence-corrected chi connectivity index (χ0v) is 17.1. The van der Waals surface area contributed by atoms with E-state index in [1.165, 1.54) is 24.9 Å². The molecule has 1 aromatic carbocycles. The predicted molar refractivity (Wildman–Crippen MR) is 106 cm³/mol. The van der Waals surface area contributed by atoms with Crippen LogP contribution in [-0.2, 0) is 20.9 Å². The highest BCUT2D eigenvalue weighted by Crippen LogP contribution is 2.42. The fraction of sp³-hybridized carbons (Fsp3) is 0.591. The van der Waals surface area contributed by atoms with E-state index >= 15 is 0 Å². The van der Waals surface area contributed by atoms with Gasteiger partial charge in [0.2, 0.25) is 5.91 Å². The number of aliphatic hydroxyl groups is 1. The third-order valence-electron chi connectivity index (χ3n) is 6.92. The molecule has 1 saturated carbocycles. The molecule has 0 unspecified atom stereocenters. The van der Waals surface area contributed by atoms with Gasteiger partial charge >= 0.3 is 5.97 Å². The van der Waals surface area contributed by atoms with Gasteiger partial charge in [-0.1, -0.05) is 12.1 Å².